The second kappa shape index (κ2) is 17.5. The third-order valence-electron chi connectivity index (χ3n) is 8.69. The van der Waals surface area contributed by atoms with Crippen LogP contribution in [0.15, 0.2) is 107 Å². The minimum absolute atomic E-state index is 0.00170. The highest BCUT2D eigenvalue weighted by Crippen LogP contribution is 2.29. The molecule has 50 heavy (non-hydrogen) atoms. The fourth-order valence-electron chi connectivity index (χ4n) is 6.03. The summed E-state index contributed by atoms with van der Waals surface area (Å²) in [6, 6.07) is 26.6. The van der Waals surface area contributed by atoms with Crippen molar-refractivity contribution in [1.82, 2.24) is 10.2 Å². The Morgan fingerprint density at radius 1 is 0.940 bits per heavy atom. The van der Waals surface area contributed by atoms with E-state index in [0.29, 0.717) is 28.0 Å². The quantitative estimate of drug-likeness (QED) is 0.124. The zero-order chi connectivity index (χ0) is 35.7. The van der Waals surface area contributed by atoms with Gasteiger partial charge in [0.15, 0.2) is 0 Å². The first kappa shape index (κ1) is 37.6. The van der Waals surface area contributed by atoms with E-state index in [-0.39, 0.29) is 35.5 Å². The van der Waals surface area contributed by atoms with Crippen LogP contribution in [0.2, 0.25) is 10.0 Å². The van der Waals surface area contributed by atoms with Crippen LogP contribution in [0.25, 0.3) is 0 Å². The van der Waals surface area contributed by atoms with Crippen molar-refractivity contribution in [3.05, 3.63) is 118 Å². The van der Waals surface area contributed by atoms with E-state index in [0.717, 1.165) is 40.4 Å². The van der Waals surface area contributed by atoms with Crippen LogP contribution < -0.4 is 14.4 Å². The Morgan fingerprint density at radius 2 is 1.62 bits per heavy atom. The van der Waals surface area contributed by atoms with Gasteiger partial charge in [-0.15, -0.1) is 11.8 Å². The molecule has 1 atom stereocenters. The lowest BCUT2D eigenvalue weighted by atomic mass is 10.0. The van der Waals surface area contributed by atoms with Gasteiger partial charge in [-0.05, 0) is 97.8 Å². The lowest BCUT2D eigenvalue weighted by molar-refractivity contribution is -0.140. The molecule has 0 unspecified atom stereocenters. The van der Waals surface area contributed by atoms with Crippen LogP contribution in [0.4, 0.5) is 5.69 Å². The Hall–Kier alpha value is -3.70. The van der Waals surface area contributed by atoms with Crippen LogP contribution in [0.1, 0.15) is 43.7 Å². The van der Waals surface area contributed by atoms with Crippen molar-refractivity contribution >= 4 is 62.5 Å². The van der Waals surface area contributed by atoms with E-state index < -0.39 is 28.5 Å². The minimum Gasteiger partial charge on any atom is -0.494 e. The first-order valence-corrected chi connectivity index (χ1v) is 20.0. The molecule has 264 valence electrons. The smallest absolute Gasteiger partial charge is 0.264 e. The number of halogens is 2. The maximum atomic E-state index is 14.8. The number of amides is 2. The van der Waals surface area contributed by atoms with Crippen LogP contribution in [0.3, 0.4) is 0 Å². The topological polar surface area (TPSA) is 96.0 Å². The van der Waals surface area contributed by atoms with Crippen molar-refractivity contribution in [2.45, 2.75) is 67.4 Å². The van der Waals surface area contributed by atoms with Crippen molar-refractivity contribution < 1.29 is 22.7 Å². The Morgan fingerprint density at radius 3 is 2.24 bits per heavy atom. The predicted octanol–water partition coefficient (Wildman–Crippen LogP) is 8.01. The number of anilines is 1. The summed E-state index contributed by atoms with van der Waals surface area (Å²) < 4.78 is 35.4. The van der Waals surface area contributed by atoms with Gasteiger partial charge in [-0.3, -0.25) is 13.9 Å². The van der Waals surface area contributed by atoms with E-state index in [9.17, 15) is 18.0 Å². The summed E-state index contributed by atoms with van der Waals surface area (Å²) in [6.45, 7) is 1.67. The van der Waals surface area contributed by atoms with Crippen LogP contribution in [-0.2, 0) is 32.6 Å². The number of sulfonamides is 1. The second-order valence-electron chi connectivity index (χ2n) is 12.1. The average Bonchev–Trinajstić information content (AvgIpc) is 3.63. The standard InChI is InChI=1S/C38H41Cl2N3O5S2/c1-3-48-32-17-15-31(16-18-32)43(50(46,47)34-21-19-33(49-2)20-22-34)26-37(44)42(25-28-13-14-29(39)24-35(28)40)36(23-27-9-5-4-6-10-27)38(45)41-30-11-7-8-12-30/h4-6,9-10,13-22,24,30,36H,3,7-8,11-12,23,25-26H2,1-2H3,(H,41,45)/t36-/m0/s1. The molecular weight excluding hydrogens is 713 g/mol. The third kappa shape index (κ3) is 9.54. The van der Waals surface area contributed by atoms with E-state index in [2.05, 4.69) is 5.32 Å². The normalized spacial score (nSPS) is 13.8. The Balaban J connectivity index is 1.58. The SMILES string of the molecule is CCOc1ccc(N(CC(=O)N(Cc2ccc(Cl)cc2Cl)[C@@H](Cc2ccccc2)C(=O)NC2CCCC2)S(=O)(=O)c2ccc(SC)cc2)cc1. The van der Waals surface area contributed by atoms with E-state index in [4.69, 9.17) is 27.9 Å². The number of carbonyl (C=O) groups excluding carboxylic acids is 2. The van der Waals surface area contributed by atoms with E-state index in [1.165, 1.54) is 28.8 Å². The summed E-state index contributed by atoms with van der Waals surface area (Å²) in [5.41, 5.74) is 1.69. The molecule has 1 fully saturated rings. The van der Waals surface area contributed by atoms with Gasteiger partial charge in [0.1, 0.15) is 18.3 Å². The van der Waals surface area contributed by atoms with E-state index >= 15 is 0 Å². The molecule has 5 rings (SSSR count). The molecule has 0 saturated heterocycles. The van der Waals surface area contributed by atoms with E-state index in [1.54, 1.807) is 54.6 Å². The van der Waals surface area contributed by atoms with Gasteiger partial charge in [0, 0.05) is 33.9 Å². The van der Waals surface area contributed by atoms with Gasteiger partial charge < -0.3 is 15.0 Å². The lowest BCUT2D eigenvalue weighted by Crippen LogP contribution is -2.54. The van der Waals surface area contributed by atoms with Crippen LogP contribution >= 0.6 is 35.0 Å². The second-order valence-corrected chi connectivity index (χ2v) is 15.7. The highest BCUT2D eigenvalue weighted by Gasteiger charge is 2.36. The minimum atomic E-state index is -4.25. The molecule has 0 spiro atoms. The number of thioether (sulfide) groups is 1. The number of hydrogen-bond donors (Lipinski definition) is 1. The first-order chi connectivity index (χ1) is 24.1. The van der Waals surface area contributed by atoms with Crippen LogP contribution in [-0.4, -0.2) is 56.6 Å². The number of hydrogen-bond acceptors (Lipinski definition) is 6. The fraction of sp³-hybridized carbons (Fsp3) is 0.316. The van der Waals surface area contributed by atoms with Gasteiger partial charge in [-0.2, -0.15) is 0 Å². The molecule has 0 aliphatic heterocycles. The van der Waals surface area contributed by atoms with Gasteiger partial charge >= 0.3 is 0 Å². The van der Waals surface area contributed by atoms with Crippen LogP contribution in [0.5, 0.6) is 5.75 Å². The van der Waals surface area contributed by atoms with Gasteiger partial charge in [-0.1, -0.05) is 72.4 Å². The molecule has 4 aromatic rings. The average molecular weight is 755 g/mol. The monoisotopic (exact) mass is 753 g/mol. The molecule has 12 heteroatoms. The highest BCUT2D eigenvalue weighted by atomic mass is 35.5. The third-order valence-corrected chi connectivity index (χ3v) is 11.8. The molecule has 8 nitrogen and oxygen atoms in total. The summed E-state index contributed by atoms with van der Waals surface area (Å²) in [7, 11) is -4.25. The molecule has 0 aromatic heterocycles. The number of nitrogens with one attached hydrogen (secondary N) is 1. The number of benzene rings is 4. The summed E-state index contributed by atoms with van der Waals surface area (Å²) in [5, 5.41) is 3.94. The zero-order valence-electron chi connectivity index (χ0n) is 28.1. The summed E-state index contributed by atoms with van der Waals surface area (Å²) in [6.07, 6.45) is 5.88. The fourth-order valence-corrected chi connectivity index (χ4v) is 8.32. The molecule has 0 heterocycles. The van der Waals surface area contributed by atoms with Crippen molar-refractivity contribution in [1.29, 1.82) is 0 Å². The molecule has 2 amide bonds. The first-order valence-electron chi connectivity index (χ1n) is 16.6. The van der Waals surface area contributed by atoms with Crippen molar-refractivity contribution in [2.75, 3.05) is 23.7 Å². The lowest BCUT2D eigenvalue weighted by Gasteiger charge is -2.34. The van der Waals surface area contributed by atoms with Crippen molar-refractivity contribution in [2.24, 2.45) is 0 Å². The van der Waals surface area contributed by atoms with Crippen LogP contribution in [0, 0.1) is 0 Å². The number of ether oxygens (including phenoxy) is 1. The molecular formula is C38H41Cl2N3O5S2. The summed E-state index contributed by atoms with van der Waals surface area (Å²) >= 11 is 14.3. The van der Waals surface area contributed by atoms with Crippen molar-refractivity contribution in [3.63, 3.8) is 0 Å². The zero-order valence-corrected chi connectivity index (χ0v) is 31.2. The van der Waals surface area contributed by atoms with Gasteiger partial charge in [-0.25, -0.2) is 8.42 Å². The largest absolute Gasteiger partial charge is 0.494 e. The Kier molecular flexibility index (Phi) is 13.1. The number of nitrogens with zero attached hydrogens (tertiary/aromatic N) is 2. The van der Waals surface area contributed by atoms with E-state index in [1.807, 2.05) is 43.5 Å². The van der Waals surface area contributed by atoms with Crippen molar-refractivity contribution in [3.8, 4) is 5.75 Å². The molecule has 4 aromatic carbocycles. The molecule has 1 N–H and O–H groups in total. The summed E-state index contributed by atoms with van der Waals surface area (Å²) in [4.78, 5) is 31.4. The summed E-state index contributed by atoms with van der Waals surface area (Å²) in [5.74, 6) is -0.311. The molecule has 0 radical (unpaired) electrons. The Labute approximate surface area is 309 Å². The predicted molar refractivity (Wildman–Crippen MR) is 202 cm³/mol. The molecule has 0 bridgehead atoms. The highest BCUT2D eigenvalue weighted by molar-refractivity contribution is 7.98. The number of rotatable bonds is 15. The molecule has 1 aliphatic rings. The molecule has 1 saturated carbocycles. The van der Waals surface area contributed by atoms with Gasteiger partial charge in [0.2, 0.25) is 11.8 Å². The maximum absolute atomic E-state index is 14.8. The Bertz CT molecular complexity index is 1850. The van der Waals surface area contributed by atoms with Gasteiger partial charge in [0.05, 0.1) is 17.2 Å². The maximum Gasteiger partial charge on any atom is 0.264 e. The molecule has 1 aliphatic carbocycles. The van der Waals surface area contributed by atoms with Gasteiger partial charge in [0.25, 0.3) is 10.0 Å². The number of carbonyl (C=O) groups is 2.